The lowest BCUT2D eigenvalue weighted by Crippen LogP contribution is -2.07. The van der Waals surface area contributed by atoms with Crippen molar-refractivity contribution in [3.63, 3.8) is 0 Å². The molecule has 3 aromatic rings. The Bertz CT molecular complexity index is 718. The summed E-state index contributed by atoms with van der Waals surface area (Å²) in [6.45, 7) is 3.28. The summed E-state index contributed by atoms with van der Waals surface area (Å²) >= 11 is 0. The van der Waals surface area contributed by atoms with Crippen LogP contribution < -0.4 is 10.5 Å². The molecule has 0 aliphatic rings. The molecule has 0 aliphatic carbocycles. The van der Waals surface area contributed by atoms with Gasteiger partial charge < -0.3 is 15.0 Å². The molecule has 0 bridgehead atoms. The number of rotatable bonds is 4. The molecule has 0 spiro atoms. The summed E-state index contributed by atoms with van der Waals surface area (Å²) in [5.41, 5.74) is 9.28. The number of nitrogens with two attached hydrogens (primary N) is 1. The molecule has 0 radical (unpaired) electrons. The molecule has 102 valence electrons. The van der Waals surface area contributed by atoms with Crippen LogP contribution in [0.1, 0.15) is 5.56 Å². The van der Waals surface area contributed by atoms with E-state index in [1.807, 2.05) is 48.0 Å². The molecule has 2 heterocycles. The lowest BCUT2D eigenvalue weighted by Gasteiger charge is -2.07. The fraction of sp³-hybridized carbons (Fsp3) is 0.200. The first kappa shape index (κ1) is 12.5. The Labute approximate surface area is 117 Å². The number of fused-ring (bicyclic) bond motifs is 1. The normalized spacial score (nSPS) is 10.8. The van der Waals surface area contributed by atoms with E-state index in [9.17, 15) is 0 Å². The summed E-state index contributed by atoms with van der Waals surface area (Å²) in [5, 5.41) is 0. The molecular weight excluding hydrogens is 252 g/mol. The zero-order valence-corrected chi connectivity index (χ0v) is 11.3. The van der Waals surface area contributed by atoms with Crippen molar-refractivity contribution < 1.29 is 4.74 Å². The van der Waals surface area contributed by atoms with Crippen molar-refractivity contribution in [2.24, 2.45) is 0 Å². The lowest BCUT2D eigenvalue weighted by atomic mass is 10.3. The predicted octanol–water partition coefficient (Wildman–Crippen LogP) is 2.40. The number of anilines is 1. The first-order valence-corrected chi connectivity index (χ1v) is 6.48. The maximum absolute atomic E-state index is 5.68. The Morgan fingerprint density at radius 3 is 2.80 bits per heavy atom. The van der Waals surface area contributed by atoms with Gasteiger partial charge in [0.25, 0.3) is 0 Å². The molecule has 0 unspecified atom stereocenters. The maximum atomic E-state index is 5.68. The van der Waals surface area contributed by atoms with E-state index in [4.69, 9.17) is 10.5 Å². The van der Waals surface area contributed by atoms with Crippen LogP contribution in [-0.2, 0) is 6.54 Å². The van der Waals surface area contributed by atoms with Crippen molar-refractivity contribution in [3.05, 3.63) is 48.4 Å². The van der Waals surface area contributed by atoms with Gasteiger partial charge in [-0.25, -0.2) is 9.97 Å². The SMILES string of the molecule is Cc1cnc2c(c1)ncn2CCOc1ccc(N)cc1. The highest BCUT2D eigenvalue weighted by Crippen LogP contribution is 2.14. The van der Waals surface area contributed by atoms with Crippen molar-refractivity contribution in [1.82, 2.24) is 14.5 Å². The summed E-state index contributed by atoms with van der Waals surface area (Å²) in [6.07, 6.45) is 3.64. The van der Waals surface area contributed by atoms with Crippen LogP contribution in [0.5, 0.6) is 5.75 Å². The highest BCUT2D eigenvalue weighted by molar-refractivity contribution is 5.71. The second kappa shape index (κ2) is 5.21. The average molecular weight is 268 g/mol. The molecule has 5 heteroatoms. The number of imidazole rings is 1. The maximum Gasteiger partial charge on any atom is 0.159 e. The Morgan fingerprint density at radius 1 is 1.20 bits per heavy atom. The van der Waals surface area contributed by atoms with Gasteiger partial charge in [-0.15, -0.1) is 0 Å². The van der Waals surface area contributed by atoms with Crippen LogP contribution in [0, 0.1) is 6.92 Å². The molecular formula is C15H16N4O. The zero-order chi connectivity index (χ0) is 13.9. The largest absolute Gasteiger partial charge is 0.492 e. The second-order valence-electron chi connectivity index (χ2n) is 4.71. The third-order valence-corrected chi connectivity index (χ3v) is 3.07. The summed E-state index contributed by atoms with van der Waals surface area (Å²) < 4.78 is 7.67. The van der Waals surface area contributed by atoms with Gasteiger partial charge in [0.15, 0.2) is 5.65 Å². The molecule has 2 aromatic heterocycles. The quantitative estimate of drug-likeness (QED) is 0.738. The topological polar surface area (TPSA) is 66.0 Å². The van der Waals surface area contributed by atoms with Crippen molar-refractivity contribution in [3.8, 4) is 5.75 Å². The first-order valence-electron chi connectivity index (χ1n) is 6.48. The Hall–Kier alpha value is -2.56. The van der Waals surface area contributed by atoms with Gasteiger partial charge >= 0.3 is 0 Å². The molecule has 2 N–H and O–H groups in total. The van der Waals surface area contributed by atoms with Crippen molar-refractivity contribution in [1.29, 1.82) is 0 Å². The van der Waals surface area contributed by atoms with Crippen LogP contribution in [0.4, 0.5) is 5.69 Å². The van der Waals surface area contributed by atoms with Crippen LogP contribution in [-0.4, -0.2) is 21.1 Å². The van der Waals surface area contributed by atoms with E-state index in [1.54, 1.807) is 6.33 Å². The second-order valence-corrected chi connectivity index (χ2v) is 4.71. The molecule has 0 atom stereocenters. The number of ether oxygens (including phenoxy) is 1. The molecule has 5 nitrogen and oxygen atoms in total. The van der Waals surface area contributed by atoms with E-state index < -0.39 is 0 Å². The average Bonchev–Trinajstić information content (AvgIpc) is 2.83. The van der Waals surface area contributed by atoms with E-state index in [0.717, 1.165) is 28.2 Å². The van der Waals surface area contributed by atoms with Gasteiger partial charge in [-0.05, 0) is 42.8 Å². The van der Waals surface area contributed by atoms with E-state index in [0.29, 0.717) is 13.2 Å². The Kier molecular flexibility index (Phi) is 3.25. The van der Waals surface area contributed by atoms with E-state index >= 15 is 0 Å². The van der Waals surface area contributed by atoms with Crippen LogP contribution in [0.15, 0.2) is 42.9 Å². The third kappa shape index (κ3) is 2.56. The highest BCUT2D eigenvalue weighted by Gasteiger charge is 2.04. The molecule has 0 fully saturated rings. The standard InChI is InChI=1S/C15H16N4O/c1-11-8-14-15(17-9-11)19(10-18-14)6-7-20-13-4-2-12(16)3-5-13/h2-5,8-10H,6-7,16H2,1H3. The van der Waals surface area contributed by atoms with Crippen LogP contribution >= 0.6 is 0 Å². The zero-order valence-electron chi connectivity index (χ0n) is 11.3. The molecule has 1 aromatic carbocycles. The van der Waals surface area contributed by atoms with Gasteiger partial charge in [-0.3, -0.25) is 0 Å². The number of aryl methyl sites for hydroxylation is 1. The molecule has 0 amide bonds. The van der Waals surface area contributed by atoms with Crippen LogP contribution in [0.2, 0.25) is 0 Å². The summed E-state index contributed by atoms with van der Waals surface area (Å²) in [7, 11) is 0. The number of hydrogen-bond acceptors (Lipinski definition) is 4. The van der Waals surface area contributed by atoms with Crippen LogP contribution in [0.25, 0.3) is 11.2 Å². The number of benzene rings is 1. The molecule has 0 saturated heterocycles. The number of aromatic nitrogens is 3. The van der Waals surface area contributed by atoms with Gasteiger partial charge in [-0.1, -0.05) is 0 Å². The summed E-state index contributed by atoms with van der Waals surface area (Å²) in [4.78, 5) is 8.75. The molecule has 3 rings (SSSR count). The van der Waals surface area contributed by atoms with Crippen molar-refractivity contribution in [2.45, 2.75) is 13.5 Å². The fourth-order valence-corrected chi connectivity index (χ4v) is 2.04. The van der Waals surface area contributed by atoms with Gasteiger partial charge in [0, 0.05) is 11.9 Å². The first-order chi connectivity index (χ1) is 9.72. The van der Waals surface area contributed by atoms with E-state index in [-0.39, 0.29) is 0 Å². The molecule has 20 heavy (non-hydrogen) atoms. The summed E-state index contributed by atoms with van der Waals surface area (Å²) in [5.74, 6) is 0.812. The lowest BCUT2D eigenvalue weighted by molar-refractivity contribution is 0.300. The number of pyridine rings is 1. The minimum Gasteiger partial charge on any atom is -0.492 e. The van der Waals surface area contributed by atoms with Crippen molar-refractivity contribution >= 4 is 16.9 Å². The summed E-state index contributed by atoms with van der Waals surface area (Å²) in [6, 6.07) is 9.41. The molecule has 0 saturated carbocycles. The van der Waals surface area contributed by atoms with E-state index in [1.165, 1.54) is 0 Å². The fourth-order valence-electron chi connectivity index (χ4n) is 2.04. The minimum atomic E-state index is 0.560. The predicted molar refractivity (Wildman–Crippen MR) is 78.6 cm³/mol. The Morgan fingerprint density at radius 2 is 2.00 bits per heavy atom. The minimum absolute atomic E-state index is 0.560. The smallest absolute Gasteiger partial charge is 0.159 e. The van der Waals surface area contributed by atoms with Crippen molar-refractivity contribution in [2.75, 3.05) is 12.3 Å². The number of nitrogen functional groups attached to an aromatic ring is 1. The third-order valence-electron chi connectivity index (χ3n) is 3.07. The highest BCUT2D eigenvalue weighted by atomic mass is 16.5. The molecule has 0 aliphatic heterocycles. The Balaban J connectivity index is 1.66. The van der Waals surface area contributed by atoms with Gasteiger partial charge in [-0.2, -0.15) is 0 Å². The number of hydrogen-bond donors (Lipinski definition) is 1. The number of nitrogens with zero attached hydrogens (tertiary/aromatic N) is 3. The van der Waals surface area contributed by atoms with Gasteiger partial charge in [0.05, 0.1) is 12.9 Å². The van der Waals surface area contributed by atoms with Crippen LogP contribution in [0.3, 0.4) is 0 Å². The van der Waals surface area contributed by atoms with Gasteiger partial charge in [0.2, 0.25) is 0 Å². The van der Waals surface area contributed by atoms with E-state index in [2.05, 4.69) is 9.97 Å². The monoisotopic (exact) mass is 268 g/mol. The van der Waals surface area contributed by atoms with Gasteiger partial charge in [0.1, 0.15) is 17.9 Å².